The number of nitrogens with zero attached hydrogens (tertiary/aromatic N) is 2. The Labute approximate surface area is 240 Å². The van der Waals surface area contributed by atoms with Gasteiger partial charge in [0.1, 0.15) is 34.9 Å². The maximum atomic E-state index is 14.4. The number of carbonyl (C=O) groups is 1. The van der Waals surface area contributed by atoms with Crippen molar-refractivity contribution in [3.63, 3.8) is 0 Å². The minimum absolute atomic E-state index is 0.223. The average Bonchev–Trinajstić information content (AvgIpc) is 3.58. The van der Waals surface area contributed by atoms with Crippen LogP contribution in [0.4, 0.5) is 20.3 Å². The summed E-state index contributed by atoms with van der Waals surface area (Å²) >= 11 is 0. The molecule has 0 saturated carbocycles. The molecule has 6 rings (SSSR count). The fraction of sp³-hybridized carbons (Fsp3) is 0.233. The molecule has 1 aliphatic heterocycles. The standard InChI is InChI=1S/C30H28F2N4O5S/c1-33-30(37)27-21-14-20(25-16-36(11-12-40-25)26-13-18-5-4-6-22(32)28(18)34-26)23(35(2)42(3,38)39)15-24(21)41-29(27)17-7-9-19(31)10-8-17/h4-10,13-15,25,34H,11-12,16H2,1-3H3,(H,33,37)/t25-/m1/s1. The number of aromatic amines is 1. The molecule has 12 heteroatoms. The molecule has 42 heavy (non-hydrogen) atoms. The number of carbonyl (C=O) groups excluding carboxylic acids is 1. The predicted molar refractivity (Wildman–Crippen MR) is 157 cm³/mol. The van der Waals surface area contributed by atoms with Crippen molar-refractivity contribution in [3.8, 4) is 11.3 Å². The van der Waals surface area contributed by atoms with Crippen molar-refractivity contribution in [1.29, 1.82) is 0 Å². The summed E-state index contributed by atoms with van der Waals surface area (Å²) in [7, 11) is -0.772. The monoisotopic (exact) mass is 594 g/mol. The summed E-state index contributed by atoms with van der Waals surface area (Å²) in [6, 6.07) is 15.6. The van der Waals surface area contributed by atoms with E-state index in [4.69, 9.17) is 9.15 Å². The number of ether oxygens (including phenoxy) is 1. The number of aromatic nitrogens is 1. The first kappa shape index (κ1) is 27.7. The van der Waals surface area contributed by atoms with Crippen LogP contribution in [0.5, 0.6) is 0 Å². The van der Waals surface area contributed by atoms with E-state index in [1.54, 1.807) is 18.2 Å². The maximum absolute atomic E-state index is 14.4. The number of fused-ring (bicyclic) bond motifs is 2. The highest BCUT2D eigenvalue weighted by molar-refractivity contribution is 7.92. The molecule has 3 heterocycles. The summed E-state index contributed by atoms with van der Waals surface area (Å²) < 4.78 is 66.9. The van der Waals surface area contributed by atoms with Crippen LogP contribution in [0.25, 0.3) is 33.2 Å². The second kappa shape index (κ2) is 10.4. The van der Waals surface area contributed by atoms with E-state index in [1.165, 1.54) is 44.4 Å². The quantitative estimate of drug-likeness (QED) is 0.280. The molecule has 2 aromatic heterocycles. The normalized spacial score (nSPS) is 15.8. The first-order valence-corrected chi connectivity index (χ1v) is 15.1. The molecular weight excluding hydrogens is 566 g/mol. The van der Waals surface area contributed by atoms with Gasteiger partial charge in [-0.1, -0.05) is 12.1 Å². The van der Waals surface area contributed by atoms with Crippen molar-refractivity contribution in [2.75, 3.05) is 49.3 Å². The van der Waals surface area contributed by atoms with Gasteiger partial charge in [-0.3, -0.25) is 9.10 Å². The van der Waals surface area contributed by atoms with Crippen molar-refractivity contribution in [1.82, 2.24) is 10.3 Å². The van der Waals surface area contributed by atoms with Gasteiger partial charge in [-0.05, 0) is 42.5 Å². The van der Waals surface area contributed by atoms with E-state index < -0.39 is 27.9 Å². The van der Waals surface area contributed by atoms with Gasteiger partial charge in [-0.25, -0.2) is 17.2 Å². The SMILES string of the molecule is CNC(=O)c1c(-c2ccc(F)cc2)oc2cc(N(C)S(C)(=O)=O)c([C@H]3CN(c4cc5cccc(F)c5[nH]4)CCO3)cc12. The van der Waals surface area contributed by atoms with E-state index in [-0.39, 0.29) is 22.7 Å². The van der Waals surface area contributed by atoms with Crippen molar-refractivity contribution in [3.05, 3.63) is 83.4 Å². The van der Waals surface area contributed by atoms with Crippen molar-refractivity contribution in [2.45, 2.75) is 6.10 Å². The number of halogens is 2. The molecule has 1 fully saturated rings. The number of anilines is 2. The van der Waals surface area contributed by atoms with Crippen molar-refractivity contribution in [2.24, 2.45) is 0 Å². The summed E-state index contributed by atoms with van der Waals surface area (Å²) in [5.41, 5.74) is 2.24. The molecule has 1 amide bonds. The number of furan rings is 1. The highest BCUT2D eigenvalue weighted by atomic mass is 32.2. The molecule has 3 aromatic carbocycles. The summed E-state index contributed by atoms with van der Waals surface area (Å²) in [6.45, 7) is 1.16. The Kier molecular flexibility index (Phi) is 6.90. The van der Waals surface area contributed by atoms with Gasteiger partial charge in [0.25, 0.3) is 5.91 Å². The third kappa shape index (κ3) is 4.86. The van der Waals surface area contributed by atoms with E-state index in [0.29, 0.717) is 53.2 Å². The molecular formula is C30H28F2N4O5S. The van der Waals surface area contributed by atoms with Crippen LogP contribution < -0.4 is 14.5 Å². The zero-order valence-corrected chi connectivity index (χ0v) is 23.9. The zero-order chi connectivity index (χ0) is 29.8. The summed E-state index contributed by atoms with van der Waals surface area (Å²) in [5.74, 6) is -0.289. The number of nitrogens with one attached hydrogen (secondary N) is 2. The van der Waals surface area contributed by atoms with Gasteiger partial charge in [-0.15, -0.1) is 0 Å². The third-order valence-electron chi connectivity index (χ3n) is 7.58. The molecule has 1 saturated heterocycles. The van der Waals surface area contributed by atoms with E-state index >= 15 is 0 Å². The Bertz CT molecular complexity index is 1930. The number of hydrogen-bond donors (Lipinski definition) is 2. The Morgan fingerprint density at radius 2 is 1.88 bits per heavy atom. The van der Waals surface area contributed by atoms with Crippen LogP contribution in [0.3, 0.4) is 0 Å². The minimum Gasteiger partial charge on any atom is -0.455 e. The highest BCUT2D eigenvalue weighted by Crippen LogP contribution is 2.41. The highest BCUT2D eigenvalue weighted by Gasteiger charge is 2.31. The van der Waals surface area contributed by atoms with Crippen LogP contribution in [0, 0.1) is 11.6 Å². The number of rotatable bonds is 6. The van der Waals surface area contributed by atoms with Gasteiger partial charge in [0.15, 0.2) is 0 Å². The van der Waals surface area contributed by atoms with Gasteiger partial charge >= 0.3 is 0 Å². The third-order valence-corrected chi connectivity index (χ3v) is 8.77. The molecule has 5 aromatic rings. The summed E-state index contributed by atoms with van der Waals surface area (Å²) in [5, 5.41) is 3.81. The fourth-order valence-corrected chi connectivity index (χ4v) is 5.86. The van der Waals surface area contributed by atoms with Crippen LogP contribution in [-0.4, -0.2) is 59.4 Å². The lowest BCUT2D eigenvalue weighted by Gasteiger charge is -2.35. The van der Waals surface area contributed by atoms with Gasteiger partial charge in [0.05, 0.1) is 29.6 Å². The molecule has 0 radical (unpaired) electrons. The van der Waals surface area contributed by atoms with Gasteiger partial charge in [0.2, 0.25) is 10.0 Å². The summed E-state index contributed by atoms with van der Waals surface area (Å²) in [6.07, 6.45) is 0.483. The van der Waals surface area contributed by atoms with Crippen LogP contribution >= 0.6 is 0 Å². The second-order valence-corrected chi connectivity index (χ2v) is 12.2. The molecule has 0 unspecified atom stereocenters. The Hall–Kier alpha value is -4.42. The molecule has 1 atom stereocenters. The van der Waals surface area contributed by atoms with Gasteiger partial charge < -0.3 is 24.4 Å². The molecule has 2 N–H and O–H groups in total. The minimum atomic E-state index is -3.70. The lowest BCUT2D eigenvalue weighted by molar-refractivity contribution is 0.0400. The molecule has 0 aliphatic carbocycles. The first-order valence-electron chi connectivity index (χ1n) is 13.2. The lowest BCUT2D eigenvalue weighted by atomic mass is 9.99. The number of amides is 1. The Morgan fingerprint density at radius 3 is 2.57 bits per heavy atom. The zero-order valence-electron chi connectivity index (χ0n) is 23.1. The van der Waals surface area contributed by atoms with Crippen LogP contribution in [-0.2, 0) is 14.8 Å². The molecule has 0 spiro atoms. The van der Waals surface area contributed by atoms with E-state index in [1.807, 2.05) is 17.0 Å². The number of morpholine rings is 1. The van der Waals surface area contributed by atoms with Crippen LogP contribution in [0.1, 0.15) is 22.0 Å². The largest absolute Gasteiger partial charge is 0.455 e. The van der Waals surface area contributed by atoms with E-state index in [0.717, 1.165) is 15.9 Å². The fourth-order valence-electron chi connectivity index (χ4n) is 5.34. The summed E-state index contributed by atoms with van der Waals surface area (Å²) in [4.78, 5) is 18.3. The number of sulfonamides is 1. The lowest BCUT2D eigenvalue weighted by Crippen LogP contribution is -2.39. The van der Waals surface area contributed by atoms with Gasteiger partial charge in [0, 0.05) is 55.2 Å². The van der Waals surface area contributed by atoms with Crippen LogP contribution in [0.2, 0.25) is 0 Å². The van der Waals surface area contributed by atoms with Crippen molar-refractivity contribution >= 4 is 49.3 Å². The Morgan fingerprint density at radius 1 is 1.12 bits per heavy atom. The predicted octanol–water partition coefficient (Wildman–Crippen LogP) is 5.19. The molecule has 1 aliphatic rings. The Balaban J connectivity index is 1.50. The number of para-hydroxylation sites is 1. The number of benzene rings is 3. The average molecular weight is 595 g/mol. The molecule has 9 nitrogen and oxygen atoms in total. The second-order valence-electron chi connectivity index (χ2n) is 10.2. The molecule has 0 bridgehead atoms. The van der Waals surface area contributed by atoms with Crippen LogP contribution in [0.15, 0.2) is 65.1 Å². The van der Waals surface area contributed by atoms with E-state index in [9.17, 15) is 22.0 Å². The topological polar surface area (TPSA) is 108 Å². The van der Waals surface area contributed by atoms with E-state index in [2.05, 4.69) is 10.3 Å². The smallest absolute Gasteiger partial charge is 0.255 e. The number of H-pyrrole nitrogens is 1. The maximum Gasteiger partial charge on any atom is 0.255 e. The van der Waals surface area contributed by atoms with Gasteiger partial charge in [-0.2, -0.15) is 0 Å². The first-order chi connectivity index (χ1) is 20.0. The molecule has 218 valence electrons. The van der Waals surface area contributed by atoms with Crippen molar-refractivity contribution < 1.29 is 31.1 Å². The number of hydrogen-bond acceptors (Lipinski definition) is 6.